The number of aryl methyl sites for hydroxylation is 1. The average Bonchev–Trinajstić information content (AvgIpc) is 2.97. The zero-order chi connectivity index (χ0) is 15.8. The Morgan fingerprint density at radius 1 is 1.13 bits per heavy atom. The summed E-state index contributed by atoms with van der Waals surface area (Å²) in [6, 6.07) is 3.45. The minimum Gasteiger partial charge on any atom is -0.367 e. The highest BCUT2D eigenvalue weighted by Gasteiger charge is 2.21. The van der Waals surface area contributed by atoms with Gasteiger partial charge in [0.25, 0.3) is 0 Å². The first-order valence-electron chi connectivity index (χ1n) is 7.60. The monoisotopic (exact) mass is 327 g/mol. The summed E-state index contributed by atoms with van der Waals surface area (Å²) in [4.78, 5) is 27.4. The van der Waals surface area contributed by atoms with E-state index in [0.29, 0.717) is 0 Å². The summed E-state index contributed by atoms with van der Waals surface area (Å²) < 4.78 is 1.17. The van der Waals surface area contributed by atoms with Gasteiger partial charge >= 0.3 is 0 Å². The Hall–Kier alpha value is -2.41. The van der Waals surface area contributed by atoms with Crippen molar-refractivity contribution >= 4 is 33.1 Å². The van der Waals surface area contributed by atoms with Gasteiger partial charge in [-0.1, -0.05) is 0 Å². The van der Waals surface area contributed by atoms with Crippen LogP contribution in [-0.2, 0) is 0 Å². The summed E-state index contributed by atoms with van der Waals surface area (Å²) >= 11 is 1.71. The summed E-state index contributed by atoms with van der Waals surface area (Å²) in [6.45, 7) is 5.71. The first kappa shape index (κ1) is 14.2. The molecule has 0 atom stereocenters. The molecule has 6 nitrogen and oxygen atoms in total. The second-order valence-corrected chi connectivity index (χ2v) is 6.56. The van der Waals surface area contributed by atoms with Gasteiger partial charge < -0.3 is 14.8 Å². The lowest BCUT2D eigenvalue weighted by Gasteiger charge is -2.36. The van der Waals surface area contributed by atoms with E-state index in [1.807, 2.05) is 6.07 Å². The maximum atomic E-state index is 11.2. The molecule has 0 aromatic carbocycles. The number of aromatic amines is 1. The molecule has 1 N–H and O–H groups in total. The van der Waals surface area contributed by atoms with Crippen LogP contribution in [0.2, 0.25) is 0 Å². The van der Waals surface area contributed by atoms with E-state index in [1.165, 1.54) is 10.3 Å². The highest BCUT2D eigenvalue weighted by atomic mass is 32.1. The number of hydrogen-bond acceptors (Lipinski definition) is 6. The molecule has 7 heteroatoms. The molecule has 1 fully saturated rings. The number of fused-ring (bicyclic) bond motifs is 1. The van der Waals surface area contributed by atoms with Crippen LogP contribution in [0, 0.1) is 6.92 Å². The zero-order valence-corrected chi connectivity index (χ0v) is 13.6. The Kier molecular flexibility index (Phi) is 3.49. The fourth-order valence-electron chi connectivity index (χ4n) is 2.96. The standard InChI is InChI=1S/C16H17N5OS/c1-11-9-23-15-14(11)18-10-19-16(15)21-6-4-20(5-7-21)12-2-3-13(22)17-8-12/h2-3,8-10H,4-7H2,1H3,(H,17,22). The molecule has 0 spiro atoms. The topological polar surface area (TPSA) is 65.1 Å². The molecule has 3 aromatic heterocycles. The van der Waals surface area contributed by atoms with Crippen LogP contribution in [0.3, 0.4) is 0 Å². The quantitative estimate of drug-likeness (QED) is 0.780. The number of pyridine rings is 1. The second kappa shape index (κ2) is 5.66. The van der Waals surface area contributed by atoms with Crippen LogP contribution in [0.4, 0.5) is 11.5 Å². The SMILES string of the molecule is Cc1csc2c(N3CCN(c4ccc(=O)[nH]c4)CC3)ncnc12. The Balaban J connectivity index is 1.55. The van der Waals surface area contributed by atoms with Gasteiger partial charge in [-0.25, -0.2) is 9.97 Å². The molecule has 1 aliphatic rings. The molecule has 1 saturated heterocycles. The van der Waals surface area contributed by atoms with Gasteiger partial charge in [0, 0.05) is 38.4 Å². The number of piperazine rings is 1. The largest absolute Gasteiger partial charge is 0.367 e. The van der Waals surface area contributed by atoms with Gasteiger partial charge in [0.05, 0.1) is 15.9 Å². The number of hydrogen-bond donors (Lipinski definition) is 1. The molecule has 0 amide bonds. The van der Waals surface area contributed by atoms with Crippen molar-refractivity contribution in [3.05, 3.63) is 46.0 Å². The maximum Gasteiger partial charge on any atom is 0.248 e. The molecule has 4 heterocycles. The van der Waals surface area contributed by atoms with Crippen LogP contribution in [0.25, 0.3) is 10.2 Å². The Morgan fingerprint density at radius 3 is 2.65 bits per heavy atom. The number of thiophene rings is 1. The first-order chi connectivity index (χ1) is 11.2. The van der Waals surface area contributed by atoms with E-state index < -0.39 is 0 Å². The number of H-pyrrole nitrogens is 1. The Labute approximate surface area is 137 Å². The lowest BCUT2D eigenvalue weighted by molar-refractivity contribution is 0.648. The van der Waals surface area contributed by atoms with E-state index in [1.54, 1.807) is 29.9 Å². The molecule has 3 aromatic rings. The minimum atomic E-state index is -0.0659. The molecular weight excluding hydrogens is 310 g/mol. The van der Waals surface area contributed by atoms with Crippen molar-refractivity contribution in [2.24, 2.45) is 0 Å². The Bertz CT molecular complexity index is 874. The highest BCUT2D eigenvalue weighted by molar-refractivity contribution is 7.18. The first-order valence-corrected chi connectivity index (χ1v) is 8.48. The van der Waals surface area contributed by atoms with Gasteiger partial charge in [-0.05, 0) is 23.9 Å². The van der Waals surface area contributed by atoms with E-state index in [2.05, 4.69) is 37.1 Å². The molecule has 23 heavy (non-hydrogen) atoms. The molecular formula is C16H17N5OS. The van der Waals surface area contributed by atoms with Crippen LogP contribution >= 0.6 is 11.3 Å². The summed E-state index contributed by atoms with van der Waals surface area (Å²) in [5.41, 5.74) is 3.26. The molecule has 0 unspecified atom stereocenters. The van der Waals surface area contributed by atoms with Gasteiger partial charge in [-0.2, -0.15) is 0 Å². The lowest BCUT2D eigenvalue weighted by atomic mass is 10.2. The summed E-state index contributed by atoms with van der Waals surface area (Å²) in [7, 11) is 0. The number of rotatable bonds is 2. The summed E-state index contributed by atoms with van der Waals surface area (Å²) in [5, 5.41) is 2.14. The number of aromatic nitrogens is 3. The van der Waals surface area contributed by atoms with Crippen molar-refractivity contribution in [3.8, 4) is 0 Å². The fourth-order valence-corrected chi connectivity index (χ4v) is 3.98. The van der Waals surface area contributed by atoms with E-state index >= 15 is 0 Å². The second-order valence-electron chi connectivity index (χ2n) is 5.68. The van der Waals surface area contributed by atoms with Crippen LogP contribution in [-0.4, -0.2) is 41.1 Å². The Morgan fingerprint density at radius 2 is 1.91 bits per heavy atom. The molecule has 4 rings (SSSR count). The van der Waals surface area contributed by atoms with Crippen LogP contribution in [0.15, 0.2) is 34.8 Å². The zero-order valence-electron chi connectivity index (χ0n) is 12.8. The number of nitrogens with one attached hydrogen (secondary N) is 1. The van der Waals surface area contributed by atoms with E-state index in [9.17, 15) is 4.79 Å². The number of nitrogens with zero attached hydrogens (tertiary/aromatic N) is 4. The highest BCUT2D eigenvalue weighted by Crippen LogP contribution is 2.31. The molecule has 0 radical (unpaired) electrons. The lowest BCUT2D eigenvalue weighted by Crippen LogP contribution is -2.47. The molecule has 118 valence electrons. The van der Waals surface area contributed by atoms with Crippen molar-refractivity contribution < 1.29 is 0 Å². The molecule has 0 saturated carbocycles. The predicted molar refractivity (Wildman–Crippen MR) is 93.6 cm³/mol. The smallest absolute Gasteiger partial charge is 0.248 e. The number of anilines is 2. The van der Waals surface area contributed by atoms with Gasteiger partial charge in [-0.15, -0.1) is 11.3 Å². The van der Waals surface area contributed by atoms with E-state index in [0.717, 1.165) is 43.2 Å². The van der Waals surface area contributed by atoms with Gasteiger partial charge in [0.2, 0.25) is 5.56 Å². The maximum absolute atomic E-state index is 11.2. The normalized spacial score (nSPS) is 15.3. The van der Waals surface area contributed by atoms with Crippen molar-refractivity contribution in [1.82, 2.24) is 15.0 Å². The molecule has 0 aliphatic carbocycles. The van der Waals surface area contributed by atoms with Gasteiger partial charge in [0.1, 0.15) is 12.1 Å². The van der Waals surface area contributed by atoms with Crippen molar-refractivity contribution in [1.29, 1.82) is 0 Å². The van der Waals surface area contributed by atoms with Gasteiger partial charge in [0.15, 0.2) is 0 Å². The average molecular weight is 327 g/mol. The minimum absolute atomic E-state index is 0.0659. The van der Waals surface area contributed by atoms with E-state index in [-0.39, 0.29) is 5.56 Å². The molecule has 0 bridgehead atoms. The third-order valence-corrected chi connectivity index (χ3v) is 5.31. The summed E-state index contributed by atoms with van der Waals surface area (Å²) in [5.74, 6) is 1.04. The van der Waals surface area contributed by atoms with Crippen LogP contribution < -0.4 is 15.4 Å². The van der Waals surface area contributed by atoms with Crippen LogP contribution in [0.5, 0.6) is 0 Å². The van der Waals surface area contributed by atoms with Crippen molar-refractivity contribution in [2.45, 2.75) is 6.92 Å². The third-order valence-electron chi connectivity index (χ3n) is 4.22. The van der Waals surface area contributed by atoms with E-state index in [4.69, 9.17) is 0 Å². The van der Waals surface area contributed by atoms with Crippen molar-refractivity contribution in [3.63, 3.8) is 0 Å². The molecule has 1 aliphatic heterocycles. The van der Waals surface area contributed by atoms with Crippen LogP contribution in [0.1, 0.15) is 5.56 Å². The van der Waals surface area contributed by atoms with Crippen molar-refractivity contribution in [2.75, 3.05) is 36.0 Å². The van der Waals surface area contributed by atoms with Gasteiger partial charge in [-0.3, -0.25) is 4.79 Å². The fraction of sp³-hybridized carbons (Fsp3) is 0.312. The third kappa shape index (κ3) is 2.57. The summed E-state index contributed by atoms with van der Waals surface area (Å²) in [6.07, 6.45) is 3.44. The predicted octanol–water partition coefficient (Wildman–Crippen LogP) is 2.01.